The van der Waals surface area contributed by atoms with Crippen LogP contribution < -0.4 is 0 Å². The highest BCUT2D eigenvalue weighted by Gasteiger charge is 2.14. The Labute approximate surface area is 91.5 Å². The van der Waals surface area contributed by atoms with Crippen LogP contribution in [0.4, 0.5) is 0 Å². The Morgan fingerprint density at radius 1 is 1.50 bits per heavy atom. The van der Waals surface area contributed by atoms with Crippen molar-refractivity contribution in [1.82, 2.24) is 14.4 Å². The molecule has 6 heteroatoms. The number of imidazole rings is 1. The molecule has 0 aromatic carbocycles. The highest BCUT2D eigenvalue weighted by Crippen LogP contribution is 2.16. The molecule has 0 aliphatic rings. The molecule has 2 aromatic rings. The third kappa shape index (κ3) is 1.69. The van der Waals surface area contributed by atoms with Gasteiger partial charge in [0.25, 0.3) is 5.88 Å². The summed E-state index contributed by atoms with van der Waals surface area (Å²) in [6.07, 6.45) is 3.17. The van der Waals surface area contributed by atoms with E-state index in [1.165, 1.54) is 6.20 Å². The second-order valence-electron chi connectivity index (χ2n) is 3.28. The number of carbonyl (C=O) groups is 1. The second-order valence-corrected chi connectivity index (χ2v) is 3.28. The minimum Gasteiger partial charge on any atom is -0.491 e. The average Bonchev–Trinajstić information content (AvgIpc) is 2.62. The maximum Gasteiger partial charge on any atom is 0.358 e. The van der Waals surface area contributed by atoms with Crippen LogP contribution in [0.1, 0.15) is 23.1 Å². The fourth-order valence-corrected chi connectivity index (χ4v) is 1.41. The van der Waals surface area contributed by atoms with Gasteiger partial charge in [0.2, 0.25) is 5.65 Å². The summed E-state index contributed by atoms with van der Waals surface area (Å²) in [5, 5.41) is 9.53. The lowest BCUT2D eigenvalue weighted by Gasteiger charge is -1.96. The van der Waals surface area contributed by atoms with Crippen molar-refractivity contribution in [2.24, 2.45) is 0 Å². The van der Waals surface area contributed by atoms with E-state index in [0.717, 1.165) is 0 Å². The van der Waals surface area contributed by atoms with Crippen molar-refractivity contribution in [3.05, 3.63) is 23.8 Å². The van der Waals surface area contributed by atoms with Gasteiger partial charge in [-0.05, 0) is 13.8 Å². The summed E-state index contributed by atoms with van der Waals surface area (Å²) < 4.78 is 6.36. The maximum atomic E-state index is 11.4. The van der Waals surface area contributed by atoms with Crippen molar-refractivity contribution in [3.8, 4) is 5.88 Å². The Balaban J connectivity index is 2.51. The van der Waals surface area contributed by atoms with E-state index in [4.69, 9.17) is 4.74 Å². The zero-order chi connectivity index (χ0) is 11.7. The topological polar surface area (TPSA) is 76.7 Å². The average molecular weight is 221 g/mol. The van der Waals surface area contributed by atoms with E-state index >= 15 is 0 Å². The highest BCUT2D eigenvalue weighted by molar-refractivity contribution is 5.88. The Kier molecular flexibility index (Phi) is 2.47. The minimum atomic E-state index is -0.511. The normalized spacial score (nSPS) is 10.6. The molecule has 0 aliphatic heterocycles. The molecule has 16 heavy (non-hydrogen) atoms. The van der Waals surface area contributed by atoms with Gasteiger partial charge in [0.1, 0.15) is 0 Å². The van der Waals surface area contributed by atoms with Crippen molar-refractivity contribution < 1.29 is 14.6 Å². The number of carbonyl (C=O) groups excluding carboxylic acids is 1. The predicted octanol–water partition coefficient (Wildman–Crippen LogP) is 0.920. The third-order valence-corrected chi connectivity index (χ3v) is 2.03. The first-order chi connectivity index (χ1) is 7.61. The van der Waals surface area contributed by atoms with E-state index < -0.39 is 5.97 Å². The molecular weight excluding hydrogens is 210 g/mol. The van der Waals surface area contributed by atoms with Crippen LogP contribution in [0, 0.1) is 6.92 Å². The molecule has 0 saturated carbocycles. The zero-order valence-electron chi connectivity index (χ0n) is 8.97. The highest BCUT2D eigenvalue weighted by atomic mass is 16.5. The molecule has 2 rings (SSSR count). The van der Waals surface area contributed by atoms with Gasteiger partial charge >= 0.3 is 5.97 Å². The number of rotatable bonds is 2. The number of hydrogen-bond donors (Lipinski definition) is 1. The number of esters is 1. The van der Waals surface area contributed by atoms with E-state index in [9.17, 15) is 9.90 Å². The van der Waals surface area contributed by atoms with Gasteiger partial charge in [-0.3, -0.25) is 4.40 Å². The number of ether oxygens (including phenoxy) is 1. The van der Waals surface area contributed by atoms with Crippen molar-refractivity contribution in [1.29, 1.82) is 0 Å². The van der Waals surface area contributed by atoms with Crippen molar-refractivity contribution in [2.45, 2.75) is 13.8 Å². The standard InChI is InChI=1S/C10H11N3O3/c1-3-16-10(15)7-5-13-4-6(2)11-9(14)8(13)12-7/h4-5H,3H2,1-2H3,(H,11,14). The summed E-state index contributed by atoms with van der Waals surface area (Å²) >= 11 is 0. The molecular formula is C10H11N3O3. The van der Waals surface area contributed by atoms with Gasteiger partial charge in [-0.25, -0.2) is 14.8 Å². The van der Waals surface area contributed by atoms with Gasteiger partial charge in [0.15, 0.2) is 5.69 Å². The van der Waals surface area contributed by atoms with E-state index in [0.29, 0.717) is 5.69 Å². The van der Waals surface area contributed by atoms with Crippen LogP contribution in [0.15, 0.2) is 12.4 Å². The van der Waals surface area contributed by atoms with Crippen molar-refractivity contribution >= 4 is 11.6 Å². The van der Waals surface area contributed by atoms with Crippen LogP contribution in [0.2, 0.25) is 0 Å². The van der Waals surface area contributed by atoms with E-state index in [1.807, 2.05) is 0 Å². The van der Waals surface area contributed by atoms with Gasteiger partial charge in [-0.15, -0.1) is 0 Å². The largest absolute Gasteiger partial charge is 0.491 e. The van der Waals surface area contributed by atoms with E-state index in [1.54, 1.807) is 24.4 Å². The molecule has 0 unspecified atom stereocenters. The molecule has 1 N–H and O–H groups in total. The Morgan fingerprint density at radius 3 is 2.94 bits per heavy atom. The van der Waals surface area contributed by atoms with Crippen LogP contribution in [0.5, 0.6) is 5.88 Å². The minimum absolute atomic E-state index is 0.157. The number of aromatic hydroxyl groups is 1. The van der Waals surface area contributed by atoms with Gasteiger partial charge in [-0.2, -0.15) is 0 Å². The van der Waals surface area contributed by atoms with Crippen molar-refractivity contribution in [2.75, 3.05) is 6.61 Å². The van der Waals surface area contributed by atoms with Gasteiger partial charge in [0.05, 0.1) is 12.3 Å². The maximum absolute atomic E-state index is 11.4. The molecule has 2 heterocycles. The Morgan fingerprint density at radius 2 is 2.25 bits per heavy atom. The van der Waals surface area contributed by atoms with Gasteiger partial charge in [0, 0.05) is 12.4 Å². The molecule has 6 nitrogen and oxygen atoms in total. The molecule has 0 bridgehead atoms. The third-order valence-electron chi connectivity index (χ3n) is 2.03. The first-order valence-corrected chi connectivity index (χ1v) is 4.84. The SMILES string of the molecule is CCOC(=O)c1cn2cc(C)nc(O)c2n1. The molecule has 84 valence electrons. The fraction of sp³-hybridized carbons (Fsp3) is 0.300. The van der Waals surface area contributed by atoms with Crippen molar-refractivity contribution in [3.63, 3.8) is 0 Å². The number of hydrogen-bond acceptors (Lipinski definition) is 5. The monoisotopic (exact) mass is 221 g/mol. The van der Waals surface area contributed by atoms with Gasteiger partial charge in [-0.1, -0.05) is 0 Å². The lowest BCUT2D eigenvalue weighted by Crippen LogP contribution is -2.04. The Hall–Kier alpha value is -2.11. The number of fused-ring (bicyclic) bond motifs is 1. The number of aromatic nitrogens is 3. The zero-order valence-corrected chi connectivity index (χ0v) is 8.97. The summed E-state index contributed by atoms with van der Waals surface area (Å²) in [6.45, 7) is 3.75. The molecule has 0 aliphatic carbocycles. The summed E-state index contributed by atoms with van der Waals surface area (Å²) in [7, 11) is 0. The first-order valence-electron chi connectivity index (χ1n) is 4.84. The number of nitrogens with zero attached hydrogens (tertiary/aromatic N) is 3. The predicted molar refractivity (Wildman–Crippen MR) is 55.3 cm³/mol. The smallest absolute Gasteiger partial charge is 0.358 e. The second kappa shape index (κ2) is 3.80. The summed E-state index contributed by atoms with van der Waals surface area (Å²) in [4.78, 5) is 19.2. The molecule has 0 radical (unpaired) electrons. The quantitative estimate of drug-likeness (QED) is 0.763. The molecule has 0 fully saturated rings. The van der Waals surface area contributed by atoms with E-state index in [2.05, 4.69) is 9.97 Å². The van der Waals surface area contributed by atoms with Crippen LogP contribution in [-0.4, -0.2) is 32.1 Å². The summed E-state index contributed by atoms with van der Waals surface area (Å²) in [5.74, 6) is -0.709. The molecule has 0 spiro atoms. The van der Waals surface area contributed by atoms with Crippen LogP contribution in [0.3, 0.4) is 0 Å². The van der Waals surface area contributed by atoms with Crippen LogP contribution >= 0.6 is 0 Å². The number of aryl methyl sites for hydroxylation is 1. The summed E-state index contributed by atoms with van der Waals surface area (Å²) in [5.41, 5.74) is 1.04. The lowest BCUT2D eigenvalue weighted by atomic mass is 10.5. The lowest BCUT2D eigenvalue weighted by molar-refractivity contribution is 0.0520. The molecule has 0 saturated heterocycles. The molecule has 2 aromatic heterocycles. The molecule has 0 amide bonds. The van der Waals surface area contributed by atoms with Crippen LogP contribution in [-0.2, 0) is 4.74 Å². The van der Waals surface area contributed by atoms with Crippen LogP contribution in [0.25, 0.3) is 5.65 Å². The van der Waals surface area contributed by atoms with Gasteiger partial charge < -0.3 is 9.84 Å². The first kappa shape index (κ1) is 10.4. The molecule has 0 atom stereocenters. The fourth-order valence-electron chi connectivity index (χ4n) is 1.41. The van der Waals surface area contributed by atoms with E-state index in [-0.39, 0.29) is 23.8 Å². The Bertz CT molecular complexity index is 547. The summed E-state index contributed by atoms with van der Waals surface area (Å²) in [6, 6.07) is 0.